The average molecular weight is 193 g/mol. The molecule has 0 aromatic carbocycles. The topological polar surface area (TPSA) is 18.5 Å². The van der Waals surface area contributed by atoms with E-state index in [1.54, 1.807) is 0 Å². The number of hydrogen-bond donors (Lipinski definition) is 1. The Morgan fingerprint density at radius 3 is 2.71 bits per heavy atom. The summed E-state index contributed by atoms with van der Waals surface area (Å²) >= 11 is 0. The summed E-state index contributed by atoms with van der Waals surface area (Å²) in [6.45, 7) is 6.92. The maximum absolute atomic E-state index is 3.18. The van der Waals surface area contributed by atoms with E-state index in [0.29, 0.717) is 0 Å². The third kappa shape index (κ3) is 2.59. The molecule has 0 aromatic heterocycles. The van der Waals surface area contributed by atoms with Crippen LogP contribution >= 0.6 is 0 Å². The van der Waals surface area contributed by atoms with E-state index in [9.17, 15) is 0 Å². The molecule has 2 rings (SSSR count). The Bertz CT molecular complexity index is 237. The maximum atomic E-state index is 3.18. The Morgan fingerprint density at radius 2 is 2.07 bits per heavy atom. The van der Waals surface area contributed by atoms with Gasteiger partial charge in [-0.2, -0.15) is 0 Å². The van der Waals surface area contributed by atoms with E-state index < -0.39 is 0 Å². The summed E-state index contributed by atoms with van der Waals surface area (Å²) in [7, 11) is 2.20. The van der Waals surface area contributed by atoms with Crippen LogP contribution < -0.4 is 5.32 Å². The molecular formula is C11H19N3. The number of dihydropyridines is 1. The van der Waals surface area contributed by atoms with Crippen molar-refractivity contribution in [3.63, 3.8) is 0 Å². The number of likely N-dealkylation sites (N-methyl/N-ethyl adjacent to an activating group) is 1. The van der Waals surface area contributed by atoms with E-state index in [0.717, 1.165) is 13.1 Å². The highest BCUT2D eigenvalue weighted by Gasteiger charge is 2.14. The van der Waals surface area contributed by atoms with Crippen LogP contribution in [0.2, 0.25) is 0 Å². The quantitative estimate of drug-likeness (QED) is 0.679. The van der Waals surface area contributed by atoms with E-state index in [1.165, 1.54) is 31.8 Å². The molecule has 0 aliphatic carbocycles. The van der Waals surface area contributed by atoms with Gasteiger partial charge >= 0.3 is 0 Å². The van der Waals surface area contributed by atoms with Crippen LogP contribution in [0.1, 0.15) is 0 Å². The molecule has 0 radical (unpaired) electrons. The van der Waals surface area contributed by atoms with E-state index in [1.807, 2.05) is 6.20 Å². The van der Waals surface area contributed by atoms with Crippen LogP contribution in [0, 0.1) is 0 Å². The van der Waals surface area contributed by atoms with Gasteiger partial charge in [0.05, 0.1) is 0 Å². The highest BCUT2D eigenvalue weighted by molar-refractivity contribution is 5.23. The lowest BCUT2D eigenvalue weighted by atomic mass is 10.2. The Hall–Kier alpha value is -0.800. The zero-order valence-electron chi connectivity index (χ0n) is 8.87. The fourth-order valence-corrected chi connectivity index (χ4v) is 1.87. The molecule has 0 spiro atoms. The molecule has 0 amide bonds. The first kappa shape index (κ1) is 9.74. The molecule has 0 atom stereocenters. The summed E-state index contributed by atoms with van der Waals surface area (Å²) < 4.78 is 0. The van der Waals surface area contributed by atoms with Crippen molar-refractivity contribution in [3.05, 3.63) is 23.9 Å². The monoisotopic (exact) mass is 193 g/mol. The third-order valence-corrected chi connectivity index (χ3v) is 2.90. The van der Waals surface area contributed by atoms with Gasteiger partial charge in [0.15, 0.2) is 0 Å². The van der Waals surface area contributed by atoms with Gasteiger partial charge in [0.1, 0.15) is 0 Å². The van der Waals surface area contributed by atoms with Crippen molar-refractivity contribution < 1.29 is 0 Å². The van der Waals surface area contributed by atoms with Gasteiger partial charge in [0, 0.05) is 39.3 Å². The molecule has 14 heavy (non-hydrogen) atoms. The molecule has 0 saturated carbocycles. The number of piperazine rings is 1. The number of nitrogens with zero attached hydrogens (tertiary/aromatic N) is 2. The van der Waals surface area contributed by atoms with Crippen LogP contribution in [0.4, 0.5) is 0 Å². The van der Waals surface area contributed by atoms with E-state index in [-0.39, 0.29) is 0 Å². The first-order valence-corrected chi connectivity index (χ1v) is 5.34. The molecular weight excluding hydrogens is 174 g/mol. The Kier molecular flexibility index (Phi) is 3.22. The normalized spacial score (nSPS) is 24.5. The smallest absolute Gasteiger partial charge is 0.0331 e. The minimum absolute atomic E-state index is 0.986. The van der Waals surface area contributed by atoms with E-state index in [2.05, 4.69) is 34.3 Å². The summed E-state index contributed by atoms with van der Waals surface area (Å²) in [5, 5.41) is 3.18. The zero-order valence-corrected chi connectivity index (χ0v) is 8.87. The van der Waals surface area contributed by atoms with Gasteiger partial charge in [0.2, 0.25) is 0 Å². The lowest BCUT2D eigenvalue weighted by Crippen LogP contribution is -2.45. The fraction of sp³-hybridized carbons (Fsp3) is 0.636. The number of rotatable bonds is 2. The first-order chi connectivity index (χ1) is 6.84. The molecule has 1 fully saturated rings. The van der Waals surface area contributed by atoms with Gasteiger partial charge in [-0.15, -0.1) is 0 Å². The van der Waals surface area contributed by atoms with Crippen molar-refractivity contribution in [2.45, 2.75) is 0 Å². The molecule has 1 saturated heterocycles. The molecule has 0 unspecified atom stereocenters. The van der Waals surface area contributed by atoms with Crippen LogP contribution in [0.3, 0.4) is 0 Å². The van der Waals surface area contributed by atoms with Gasteiger partial charge in [-0.25, -0.2) is 0 Å². The summed E-state index contributed by atoms with van der Waals surface area (Å²) in [6.07, 6.45) is 6.51. The molecule has 0 aromatic rings. The highest BCUT2D eigenvalue weighted by Crippen LogP contribution is 2.06. The lowest BCUT2D eigenvalue weighted by Gasteiger charge is -2.32. The van der Waals surface area contributed by atoms with Crippen molar-refractivity contribution >= 4 is 0 Å². The molecule has 3 nitrogen and oxygen atoms in total. The molecule has 3 heteroatoms. The van der Waals surface area contributed by atoms with Crippen LogP contribution in [-0.2, 0) is 0 Å². The first-order valence-electron chi connectivity index (χ1n) is 5.34. The molecule has 0 bridgehead atoms. The molecule has 1 N–H and O–H groups in total. The Balaban J connectivity index is 1.80. The largest absolute Gasteiger partial charge is 0.387 e. The van der Waals surface area contributed by atoms with Gasteiger partial charge < -0.3 is 10.2 Å². The third-order valence-electron chi connectivity index (χ3n) is 2.90. The average Bonchev–Trinajstić information content (AvgIpc) is 2.23. The summed E-state index contributed by atoms with van der Waals surface area (Å²) in [5.41, 5.74) is 1.45. The zero-order chi connectivity index (χ0) is 9.80. The second-order valence-electron chi connectivity index (χ2n) is 4.10. The summed E-state index contributed by atoms with van der Waals surface area (Å²) in [4.78, 5) is 4.92. The Morgan fingerprint density at radius 1 is 1.29 bits per heavy atom. The second-order valence-corrected chi connectivity index (χ2v) is 4.10. The predicted molar refractivity (Wildman–Crippen MR) is 59.2 cm³/mol. The summed E-state index contributed by atoms with van der Waals surface area (Å²) in [6, 6.07) is 0. The highest BCUT2D eigenvalue weighted by atomic mass is 15.2. The number of nitrogens with one attached hydrogen (secondary N) is 1. The van der Waals surface area contributed by atoms with Crippen molar-refractivity contribution in [1.29, 1.82) is 0 Å². The van der Waals surface area contributed by atoms with Crippen molar-refractivity contribution in [2.24, 2.45) is 0 Å². The molecule has 2 aliphatic heterocycles. The maximum Gasteiger partial charge on any atom is 0.0331 e. The molecule has 78 valence electrons. The fourth-order valence-electron chi connectivity index (χ4n) is 1.87. The van der Waals surface area contributed by atoms with E-state index in [4.69, 9.17) is 0 Å². The second kappa shape index (κ2) is 4.62. The lowest BCUT2D eigenvalue weighted by molar-refractivity contribution is 0.164. The van der Waals surface area contributed by atoms with Crippen LogP contribution in [0.5, 0.6) is 0 Å². The van der Waals surface area contributed by atoms with Crippen LogP contribution in [0.15, 0.2) is 23.9 Å². The van der Waals surface area contributed by atoms with Gasteiger partial charge in [-0.3, -0.25) is 4.90 Å². The Labute approximate surface area is 86.1 Å². The minimum atomic E-state index is 0.986. The summed E-state index contributed by atoms with van der Waals surface area (Å²) in [5.74, 6) is 0. The van der Waals surface area contributed by atoms with Crippen LogP contribution in [0.25, 0.3) is 0 Å². The van der Waals surface area contributed by atoms with Crippen molar-refractivity contribution in [3.8, 4) is 0 Å². The molecule has 2 heterocycles. The van der Waals surface area contributed by atoms with Gasteiger partial charge in [-0.05, 0) is 24.9 Å². The van der Waals surface area contributed by atoms with E-state index >= 15 is 0 Å². The van der Waals surface area contributed by atoms with Gasteiger partial charge in [-0.1, -0.05) is 6.08 Å². The SMILES string of the molecule is CN1CCN(CC2=CCNC=C2)CC1. The van der Waals surface area contributed by atoms with Crippen molar-refractivity contribution in [2.75, 3.05) is 46.3 Å². The molecule has 2 aliphatic rings. The van der Waals surface area contributed by atoms with Gasteiger partial charge in [0.25, 0.3) is 0 Å². The number of hydrogen-bond acceptors (Lipinski definition) is 3. The van der Waals surface area contributed by atoms with Crippen molar-refractivity contribution in [1.82, 2.24) is 15.1 Å². The standard InChI is InChI=1S/C11H19N3/c1-13-6-8-14(9-7-13)10-11-2-4-12-5-3-11/h2-4,12H,5-10H2,1H3. The predicted octanol–water partition coefficient (Wildman–Crippen LogP) is 0.277. The minimum Gasteiger partial charge on any atom is -0.387 e. The van der Waals surface area contributed by atoms with Crippen LogP contribution in [-0.4, -0.2) is 56.1 Å².